The van der Waals surface area contributed by atoms with Crippen molar-refractivity contribution in [3.8, 4) is 17.1 Å². The molecular formula is C23H15ClF5N7O. The number of alkyl halides is 3. The van der Waals surface area contributed by atoms with E-state index >= 15 is 0 Å². The third-order valence-electron chi connectivity index (χ3n) is 4.55. The molecule has 0 radical (unpaired) electrons. The second-order valence-corrected chi connectivity index (χ2v) is 7.62. The number of aromatic nitrogens is 4. The molecule has 2 aromatic heterocycles. The minimum atomic E-state index is -4.80. The number of pyridine rings is 1. The highest BCUT2D eigenvalue weighted by Gasteiger charge is 2.30. The Bertz CT molecular complexity index is 1380. The highest BCUT2D eigenvalue weighted by atomic mass is 35.5. The molecule has 0 saturated heterocycles. The molecule has 190 valence electrons. The van der Waals surface area contributed by atoms with Crippen LogP contribution in [0.15, 0.2) is 65.9 Å². The number of ether oxygens (including phenoxy) is 1. The molecule has 8 nitrogen and oxygen atoms in total. The molecular weight excluding hydrogens is 521 g/mol. The number of rotatable bonds is 8. The quantitative estimate of drug-likeness (QED) is 0.127. The third-order valence-corrected chi connectivity index (χ3v) is 4.78. The first kappa shape index (κ1) is 25.7. The molecule has 0 saturated carbocycles. The number of anilines is 2. The molecule has 0 atom stereocenters. The highest BCUT2D eigenvalue weighted by Crippen LogP contribution is 2.25. The van der Waals surface area contributed by atoms with Crippen LogP contribution in [0.1, 0.15) is 11.1 Å². The SMILES string of the molecule is Fc1cccc(F)c1-c1nc(NCc2ccc(Cl)nc2)nc(N/N=C/c2ccc(OC(F)(F)F)cc2)n1. The maximum atomic E-state index is 14.4. The second-order valence-electron chi connectivity index (χ2n) is 7.23. The first-order valence-electron chi connectivity index (χ1n) is 10.4. The van der Waals surface area contributed by atoms with Crippen molar-refractivity contribution < 1.29 is 26.7 Å². The van der Waals surface area contributed by atoms with Gasteiger partial charge in [0.15, 0.2) is 5.82 Å². The van der Waals surface area contributed by atoms with E-state index in [0.717, 1.165) is 29.8 Å². The summed E-state index contributed by atoms with van der Waals surface area (Å²) in [6.07, 6.45) is -2.00. The van der Waals surface area contributed by atoms with Crippen LogP contribution < -0.4 is 15.5 Å². The van der Waals surface area contributed by atoms with Gasteiger partial charge in [-0.25, -0.2) is 19.2 Å². The lowest BCUT2D eigenvalue weighted by Crippen LogP contribution is -2.17. The van der Waals surface area contributed by atoms with Crippen LogP contribution in [-0.2, 0) is 6.54 Å². The van der Waals surface area contributed by atoms with Gasteiger partial charge in [0, 0.05) is 12.7 Å². The highest BCUT2D eigenvalue weighted by molar-refractivity contribution is 6.29. The van der Waals surface area contributed by atoms with Gasteiger partial charge in [-0.3, -0.25) is 0 Å². The van der Waals surface area contributed by atoms with Crippen LogP contribution in [-0.4, -0.2) is 32.5 Å². The van der Waals surface area contributed by atoms with E-state index in [1.165, 1.54) is 30.6 Å². The molecule has 0 bridgehead atoms. The summed E-state index contributed by atoms with van der Waals surface area (Å²) in [5.41, 5.74) is 3.21. The van der Waals surface area contributed by atoms with Crippen LogP contribution in [0.2, 0.25) is 5.15 Å². The molecule has 2 heterocycles. The molecule has 0 aliphatic carbocycles. The topological polar surface area (TPSA) is 97.2 Å². The van der Waals surface area contributed by atoms with Gasteiger partial charge in [-0.05, 0) is 53.6 Å². The summed E-state index contributed by atoms with van der Waals surface area (Å²) < 4.78 is 69.5. The largest absolute Gasteiger partial charge is 0.573 e. The fourth-order valence-corrected chi connectivity index (χ4v) is 3.05. The zero-order valence-electron chi connectivity index (χ0n) is 18.5. The lowest BCUT2D eigenvalue weighted by Gasteiger charge is -2.10. The van der Waals surface area contributed by atoms with Crippen LogP contribution in [0.4, 0.5) is 33.8 Å². The summed E-state index contributed by atoms with van der Waals surface area (Å²) in [4.78, 5) is 16.3. The normalized spacial score (nSPS) is 11.5. The van der Waals surface area contributed by atoms with Gasteiger partial charge in [0.1, 0.15) is 22.5 Å². The standard InChI is InChI=1S/C23H15ClF5N7O/c24-18-9-6-14(10-30-18)11-31-21-33-20(19-16(25)2-1-3-17(19)26)34-22(35-21)36-32-12-13-4-7-15(8-5-13)37-23(27,28)29/h1-10,12H,11H2,(H2,31,33,34,35,36)/b32-12+. The Labute approximate surface area is 211 Å². The molecule has 4 rings (SSSR count). The van der Waals surface area contributed by atoms with Crippen molar-refractivity contribution in [3.05, 3.63) is 88.7 Å². The minimum absolute atomic E-state index is 0.0195. The first-order valence-corrected chi connectivity index (χ1v) is 10.7. The monoisotopic (exact) mass is 535 g/mol. The summed E-state index contributed by atoms with van der Waals surface area (Å²) in [7, 11) is 0. The fourth-order valence-electron chi connectivity index (χ4n) is 2.94. The van der Waals surface area contributed by atoms with E-state index < -0.39 is 29.3 Å². The Morgan fingerprint density at radius 2 is 1.62 bits per heavy atom. The summed E-state index contributed by atoms with van der Waals surface area (Å²) in [6.45, 7) is 0.211. The number of nitrogens with one attached hydrogen (secondary N) is 2. The van der Waals surface area contributed by atoms with Crippen molar-refractivity contribution in [1.29, 1.82) is 0 Å². The van der Waals surface area contributed by atoms with Gasteiger partial charge >= 0.3 is 6.36 Å². The van der Waals surface area contributed by atoms with Gasteiger partial charge in [0.2, 0.25) is 11.9 Å². The summed E-state index contributed by atoms with van der Waals surface area (Å²) in [6, 6.07) is 11.6. The van der Waals surface area contributed by atoms with E-state index in [1.807, 2.05) is 0 Å². The van der Waals surface area contributed by atoms with Gasteiger partial charge in [-0.1, -0.05) is 23.7 Å². The average molecular weight is 536 g/mol. The molecule has 2 aromatic carbocycles. The molecule has 0 aliphatic rings. The van der Waals surface area contributed by atoms with Crippen molar-refractivity contribution in [1.82, 2.24) is 19.9 Å². The molecule has 0 fully saturated rings. The van der Waals surface area contributed by atoms with Crippen molar-refractivity contribution in [3.63, 3.8) is 0 Å². The molecule has 0 aliphatic heterocycles. The van der Waals surface area contributed by atoms with E-state index in [0.29, 0.717) is 10.7 Å². The predicted molar refractivity (Wildman–Crippen MR) is 126 cm³/mol. The molecule has 37 heavy (non-hydrogen) atoms. The molecule has 0 unspecified atom stereocenters. The van der Waals surface area contributed by atoms with Crippen LogP contribution in [0.25, 0.3) is 11.4 Å². The maximum Gasteiger partial charge on any atom is 0.573 e. The Morgan fingerprint density at radius 1 is 0.919 bits per heavy atom. The summed E-state index contributed by atoms with van der Waals surface area (Å²) in [5.74, 6) is -2.62. The van der Waals surface area contributed by atoms with Gasteiger partial charge in [-0.15, -0.1) is 13.2 Å². The van der Waals surface area contributed by atoms with Crippen molar-refractivity contribution in [2.75, 3.05) is 10.7 Å². The van der Waals surface area contributed by atoms with Gasteiger partial charge in [0.25, 0.3) is 0 Å². The van der Waals surface area contributed by atoms with Crippen LogP contribution in [0.3, 0.4) is 0 Å². The summed E-state index contributed by atoms with van der Waals surface area (Å²) in [5, 5.41) is 7.16. The smallest absolute Gasteiger partial charge is 0.406 e. The van der Waals surface area contributed by atoms with E-state index in [-0.39, 0.29) is 24.3 Å². The molecule has 0 amide bonds. The van der Waals surface area contributed by atoms with Gasteiger partial charge < -0.3 is 10.1 Å². The van der Waals surface area contributed by atoms with E-state index in [1.54, 1.807) is 12.1 Å². The van der Waals surface area contributed by atoms with Crippen molar-refractivity contribution in [2.24, 2.45) is 5.10 Å². The van der Waals surface area contributed by atoms with Crippen molar-refractivity contribution >= 4 is 29.7 Å². The van der Waals surface area contributed by atoms with E-state index in [2.05, 4.69) is 40.5 Å². The van der Waals surface area contributed by atoms with Gasteiger partial charge in [-0.2, -0.15) is 20.1 Å². The lowest BCUT2D eigenvalue weighted by molar-refractivity contribution is -0.274. The third kappa shape index (κ3) is 7.30. The molecule has 14 heteroatoms. The predicted octanol–water partition coefficient (Wildman–Crippen LogP) is 5.82. The van der Waals surface area contributed by atoms with Gasteiger partial charge in [0.05, 0.1) is 11.8 Å². The van der Waals surface area contributed by atoms with E-state index in [4.69, 9.17) is 11.6 Å². The van der Waals surface area contributed by atoms with Crippen molar-refractivity contribution in [2.45, 2.75) is 12.9 Å². The van der Waals surface area contributed by atoms with Crippen LogP contribution in [0.5, 0.6) is 5.75 Å². The number of nitrogens with zero attached hydrogens (tertiary/aromatic N) is 5. The average Bonchev–Trinajstić information content (AvgIpc) is 2.84. The number of hydrogen-bond donors (Lipinski definition) is 2. The number of hydrazone groups is 1. The number of benzene rings is 2. The van der Waals surface area contributed by atoms with Crippen LogP contribution in [0, 0.1) is 11.6 Å². The number of hydrogen-bond acceptors (Lipinski definition) is 8. The molecule has 2 N–H and O–H groups in total. The zero-order valence-corrected chi connectivity index (χ0v) is 19.2. The second kappa shape index (κ2) is 11.1. The molecule has 4 aromatic rings. The fraction of sp³-hybridized carbons (Fsp3) is 0.0870. The van der Waals surface area contributed by atoms with Crippen LogP contribution >= 0.6 is 11.6 Å². The summed E-state index contributed by atoms with van der Waals surface area (Å²) >= 11 is 5.79. The maximum absolute atomic E-state index is 14.4. The Kier molecular flexibility index (Phi) is 7.72. The zero-order chi connectivity index (χ0) is 26.4. The Hall–Kier alpha value is -4.39. The Balaban J connectivity index is 1.56. The lowest BCUT2D eigenvalue weighted by atomic mass is 10.2. The minimum Gasteiger partial charge on any atom is -0.406 e. The number of halogens is 6. The first-order chi connectivity index (χ1) is 17.7. The van der Waals surface area contributed by atoms with E-state index in [9.17, 15) is 22.0 Å². The Morgan fingerprint density at radius 3 is 2.27 bits per heavy atom. The molecule has 0 spiro atoms.